The molecule has 1 aromatic rings. The molecule has 0 saturated heterocycles. The minimum absolute atomic E-state index is 0.175. The third-order valence-corrected chi connectivity index (χ3v) is 4.94. The van der Waals surface area contributed by atoms with Gasteiger partial charge in [0, 0.05) is 6.04 Å². The molecule has 2 N–H and O–H groups in total. The van der Waals surface area contributed by atoms with Gasteiger partial charge in [-0.15, -0.1) is 0 Å². The molecule has 1 aliphatic carbocycles. The molecule has 1 aliphatic rings. The minimum atomic E-state index is -3.79. The summed E-state index contributed by atoms with van der Waals surface area (Å²) in [4.78, 5) is 10.7. The Kier molecular flexibility index (Phi) is 3.96. The zero-order valence-corrected chi connectivity index (χ0v) is 11.4. The summed E-state index contributed by atoms with van der Waals surface area (Å²) in [5.41, 5.74) is 0. The summed E-state index contributed by atoms with van der Waals surface area (Å²) < 4.78 is 31.5. The van der Waals surface area contributed by atoms with Gasteiger partial charge in [0.1, 0.15) is 0 Å². The summed E-state index contributed by atoms with van der Waals surface area (Å²) in [5, 5.41) is 8.36. The fourth-order valence-corrected chi connectivity index (χ4v) is 3.68. The smallest absolute Gasteiger partial charge is 0.371 e. The van der Waals surface area contributed by atoms with Crippen LogP contribution in [0.4, 0.5) is 0 Å². The van der Waals surface area contributed by atoms with Crippen LogP contribution < -0.4 is 4.72 Å². The van der Waals surface area contributed by atoms with Crippen molar-refractivity contribution >= 4 is 16.0 Å². The van der Waals surface area contributed by atoms with E-state index >= 15 is 0 Å². The highest BCUT2D eigenvalue weighted by Gasteiger charge is 2.28. The van der Waals surface area contributed by atoms with Crippen molar-refractivity contribution < 1.29 is 22.7 Å². The van der Waals surface area contributed by atoms with Crippen molar-refractivity contribution in [3.8, 4) is 0 Å². The van der Waals surface area contributed by atoms with E-state index in [0.717, 1.165) is 37.8 Å². The van der Waals surface area contributed by atoms with E-state index < -0.39 is 16.0 Å². The zero-order valence-electron chi connectivity index (χ0n) is 10.6. The number of rotatable bonds is 5. The first-order chi connectivity index (χ1) is 8.90. The van der Waals surface area contributed by atoms with Crippen molar-refractivity contribution in [3.63, 3.8) is 0 Å². The van der Waals surface area contributed by atoms with Crippen LogP contribution in [0.25, 0.3) is 0 Å². The van der Waals surface area contributed by atoms with Crippen LogP contribution in [0.3, 0.4) is 0 Å². The highest BCUT2D eigenvalue weighted by molar-refractivity contribution is 7.89. The maximum Gasteiger partial charge on any atom is 0.371 e. The van der Waals surface area contributed by atoms with Crippen LogP contribution in [-0.2, 0) is 10.0 Å². The predicted octanol–water partition coefficient (Wildman–Crippen LogP) is 1.83. The molecule has 0 spiro atoms. The summed E-state index contributed by atoms with van der Waals surface area (Å²) in [5.74, 6) is -1.33. The molecule has 19 heavy (non-hydrogen) atoms. The van der Waals surface area contributed by atoms with Crippen molar-refractivity contribution in [3.05, 3.63) is 17.9 Å². The SMILES string of the molecule is C[C@@H](NS(=O)(=O)c1ccc(C(=O)O)o1)C1CCCC1. The van der Waals surface area contributed by atoms with Crippen LogP contribution in [-0.4, -0.2) is 25.5 Å². The van der Waals surface area contributed by atoms with Gasteiger partial charge in [-0.25, -0.2) is 17.9 Å². The number of hydrogen-bond donors (Lipinski definition) is 2. The number of aromatic carboxylic acids is 1. The predicted molar refractivity (Wildman–Crippen MR) is 67.4 cm³/mol. The second-order valence-corrected chi connectivity index (χ2v) is 6.52. The molecule has 0 radical (unpaired) electrons. The van der Waals surface area contributed by atoms with Crippen molar-refractivity contribution in [1.29, 1.82) is 0 Å². The second kappa shape index (κ2) is 5.34. The average Bonchev–Trinajstić information content (AvgIpc) is 3.00. The Hall–Kier alpha value is -1.34. The molecular formula is C12H17NO5S. The number of nitrogens with one attached hydrogen (secondary N) is 1. The Morgan fingerprint density at radius 3 is 2.58 bits per heavy atom. The lowest BCUT2D eigenvalue weighted by molar-refractivity contribution is 0.0656. The normalized spacial score (nSPS) is 18.6. The molecule has 0 unspecified atom stereocenters. The van der Waals surface area contributed by atoms with Crippen LogP contribution in [0, 0.1) is 5.92 Å². The lowest BCUT2D eigenvalue weighted by atomic mass is 10.0. The number of carboxylic acids is 1. The molecule has 1 saturated carbocycles. The second-order valence-electron chi connectivity index (χ2n) is 4.88. The van der Waals surface area contributed by atoms with Crippen LogP contribution in [0.2, 0.25) is 0 Å². The Balaban J connectivity index is 2.10. The fraction of sp³-hybridized carbons (Fsp3) is 0.583. The van der Waals surface area contributed by atoms with Gasteiger partial charge in [-0.1, -0.05) is 12.8 Å². The van der Waals surface area contributed by atoms with Crippen molar-refractivity contribution in [2.45, 2.75) is 43.7 Å². The monoisotopic (exact) mass is 287 g/mol. The van der Waals surface area contributed by atoms with E-state index in [0.29, 0.717) is 5.92 Å². The number of furan rings is 1. The maximum absolute atomic E-state index is 12.0. The van der Waals surface area contributed by atoms with Gasteiger partial charge in [0.05, 0.1) is 0 Å². The van der Waals surface area contributed by atoms with E-state index in [1.807, 2.05) is 6.92 Å². The van der Waals surface area contributed by atoms with Gasteiger partial charge in [0.2, 0.25) is 10.9 Å². The zero-order chi connectivity index (χ0) is 14.0. The maximum atomic E-state index is 12.0. The molecule has 0 aliphatic heterocycles. The summed E-state index contributed by atoms with van der Waals surface area (Å²) in [6.07, 6.45) is 4.28. The molecule has 1 fully saturated rings. The molecule has 0 amide bonds. The Labute approximate surface area is 111 Å². The topological polar surface area (TPSA) is 96.6 Å². The number of carbonyl (C=O) groups is 1. The molecule has 6 nitrogen and oxygen atoms in total. The molecule has 0 bridgehead atoms. The van der Waals surface area contributed by atoms with Crippen molar-refractivity contribution in [2.75, 3.05) is 0 Å². The molecule has 1 heterocycles. The highest BCUT2D eigenvalue weighted by atomic mass is 32.2. The Morgan fingerprint density at radius 1 is 1.42 bits per heavy atom. The number of hydrogen-bond acceptors (Lipinski definition) is 4. The minimum Gasteiger partial charge on any atom is -0.475 e. The van der Waals surface area contributed by atoms with E-state index in [-0.39, 0.29) is 16.9 Å². The summed E-state index contributed by atoms with van der Waals surface area (Å²) >= 11 is 0. The lowest BCUT2D eigenvalue weighted by Gasteiger charge is -2.19. The van der Waals surface area contributed by atoms with E-state index in [2.05, 4.69) is 4.72 Å². The van der Waals surface area contributed by atoms with Crippen LogP contribution in [0.1, 0.15) is 43.2 Å². The van der Waals surface area contributed by atoms with Crippen molar-refractivity contribution in [2.24, 2.45) is 5.92 Å². The van der Waals surface area contributed by atoms with Crippen molar-refractivity contribution in [1.82, 2.24) is 4.72 Å². The van der Waals surface area contributed by atoms with Gasteiger partial charge in [-0.05, 0) is 37.8 Å². The molecule has 7 heteroatoms. The van der Waals surface area contributed by atoms with Crippen LogP contribution in [0.15, 0.2) is 21.6 Å². The van der Waals surface area contributed by atoms with Crippen LogP contribution >= 0.6 is 0 Å². The number of carboxylic acid groups (broad SMARTS) is 1. The third kappa shape index (κ3) is 3.16. The summed E-state index contributed by atoms with van der Waals surface area (Å²) in [7, 11) is -3.79. The summed E-state index contributed by atoms with van der Waals surface area (Å²) in [6, 6.07) is 2.12. The highest BCUT2D eigenvalue weighted by Crippen LogP contribution is 2.28. The Bertz CT molecular complexity index is 556. The molecule has 1 atom stereocenters. The third-order valence-electron chi connectivity index (χ3n) is 3.50. The van der Waals surface area contributed by atoms with E-state index in [1.54, 1.807) is 0 Å². The average molecular weight is 287 g/mol. The molecule has 106 valence electrons. The van der Waals surface area contributed by atoms with E-state index in [1.165, 1.54) is 0 Å². The number of sulfonamides is 1. The van der Waals surface area contributed by atoms with Gasteiger partial charge < -0.3 is 9.52 Å². The fourth-order valence-electron chi connectivity index (χ4n) is 2.44. The lowest BCUT2D eigenvalue weighted by Crippen LogP contribution is -2.37. The van der Waals surface area contributed by atoms with E-state index in [9.17, 15) is 13.2 Å². The molecule has 1 aromatic heterocycles. The van der Waals surface area contributed by atoms with Gasteiger partial charge >= 0.3 is 5.97 Å². The van der Waals surface area contributed by atoms with Gasteiger partial charge in [-0.3, -0.25) is 0 Å². The van der Waals surface area contributed by atoms with Crippen LogP contribution in [0.5, 0.6) is 0 Å². The van der Waals surface area contributed by atoms with E-state index in [4.69, 9.17) is 9.52 Å². The first-order valence-electron chi connectivity index (χ1n) is 6.25. The molecular weight excluding hydrogens is 270 g/mol. The van der Waals surface area contributed by atoms with Gasteiger partial charge in [0.15, 0.2) is 0 Å². The van der Waals surface area contributed by atoms with Gasteiger partial charge in [-0.2, -0.15) is 0 Å². The first kappa shape index (κ1) is 14.1. The summed E-state index contributed by atoms with van der Waals surface area (Å²) in [6.45, 7) is 1.83. The standard InChI is InChI=1S/C12H17NO5S/c1-8(9-4-2-3-5-9)13-19(16,17)11-7-6-10(18-11)12(14)15/h6-9,13H,2-5H2,1H3,(H,14,15)/t8-/m1/s1. The Morgan fingerprint density at radius 2 is 2.05 bits per heavy atom. The quantitative estimate of drug-likeness (QED) is 0.861. The van der Waals surface area contributed by atoms with Gasteiger partial charge in [0.25, 0.3) is 10.0 Å². The first-order valence-corrected chi connectivity index (χ1v) is 7.74. The molecule has 0 aromatic carbocycles. The largest absolute Gasteiger partial charge is 0.475 e. The molecule has 2 rings (SSSR count).